The molecule has 0 aliphatic carbocycles. The molecule has 0 spiro atoms. The molecule has 25 heavy (non-hydrogen) atoms. The first-order chi connectivity index (χ1) is 11.9. The van der Waals surface area contributed by atoms with Crippen LogP contribution in [-0.4, -0.2) is 30.2 Å². The number of carbonyl (C=O) groups is 1. The maximum atomic E-state index is 12.5. The molecule has 0 bridgehead atoms. The number of para-hydroxylation sites is 2. The smallest absolute Gasteiger partial charge is 0.292 e. The molecule has 2 atom stereocenters. The van der Waals surface area contributed by atoms with E-state index in [9.17, 15) is 14.9 Å². The van der Waals surface area contributed by atoms with Crippen molar-refractivity contribution in [1.29, 1.82) is 0 Å². The number of thioether (sulfide) groups is 1. The zero-order valence-corrected chi connectivity index (χ0v) is 15.3. The summed E-state index contributed by atoms with van der Waals surface area (Å²) in [6.07, 6.45) is 2.03. The molecule has 0 radical (unpaired) electrons. The minimum atomic E-state index is -0.496. The molecule has 2 N–H and O–H groups in total. The summed E-state index contributed by atoms with van der Waals surface area (Å²) < 4.78 is 0. The molecule has 0 aliphatic rings. The van der Waals surface area contributed by atoms with Gasteiger partial charge in [0.1, 0.15) is 12.2 Å². The fourth-order valence-corrected chi connectivity index (χ4v) is 2.83. The van der Waals surface area contributed by atoms with Crippen molar-refractivity contribution >= 4 is 29.0 Å². The maximum absolute atomic E-state index is 12.5. The number of nitrogens with one attached hydrogen (secondary N) is 2. The van der Waals surface area contributed by atoms with Gasteiger partial charge in [-0.15, -0.1) is 11.8 Å². The second-order valence-corrected chi connectivity index (χ2v) is 6.74. The lowest BCUT2D eigenvalue weighted by Gasteiger charge is -2.21. The van der Waals surface area contributed by atoms with E-state index in [1.54, 1.807) is 30.0 Å². The van der Waals surface area contributed by atoms with E-state index in [1.807, 2.05) is 20.2 Å². The minimum absolute atomic E-state index is 0.103. The van der Waals surface area contributed by atoms with Crippen LogP contribution in [0.2, 0.25) is 0 Å². The monoisotopic (exact) mass is 360 g/mol. The molecular formula is C18H22N3O3S+. The normalized spacial score (nSPS) is 13.1. The number of quaternary nitrogens is 1. The van der Waals surface area contributed by atoms with E-state index in [2.05, 4.69) is 29.6 Å². The van der Waals surface area contributed by atoms with E-state index in [4.69, 9.17) is 0 Å². The van der Waals surface area contributed by atoms with E-state index < -0.39 is 4.92 Å². The summed E-state index contributed by atoms with van der Waals surface area (Å²) in [6.45, 7) is 2.51. The molecule has 0 heterocycles. The molecule has 1 amide bonds. The summed E-state index contributed by atoms with van der Waals surface area (Å²) in [5.74, 6) is -0.243. The van der Waals surface area contributed by atoms with Gasteiger partial charge in [0.05, 0.1) is 12.0 Å². The van der Waals surface area contributed by atoms with Crippen molar-refractivity contribution < 1.29 is 14.6 Å². The largest absolute Gasteiger partial charge is 0.324 e. The third kappa shape index (κ3) is 5.04. The van der Waals surface area contributed by atoms with Crippen LogP contribution >= 0.6 is 11.8 Å². The zero-order chi connectivity index (χ0) is 18.4. The third-order valence-corrected chi connectivity index (χ3v) is 4.88. The number of hydrogen-bond acceptors (Lipinski definition) is 4. The highest BCUT2D eigenvalue weighted by Crippen LogP contribution is 2.23. The Morgan fingerprint density at radius 1 is 1.24 bits per heavy atom. The number of nitro groups is 1. The SMILES string of the molecule is CSc1ccc(C[NH+](C)[C@H](C)C(=O)Nc2ccccc2[N+](=O)[O-])cc1. The third-order valence-electron chi connectivity index (χ3n) is 4.13. The van der Waals surface area contributed by atoms with Crippen LogP contribution in [0.5, 0.6) is 0 Å². The van der Waals surface area contributed by atoms with Crippen molar-refractivity contribution in [2.75, 3.05) is 18.6 Å². The molecule has 1 unspecified atom stereocenters. The van der Waals surface area contributed by atoms with Gasteiger partial charge in [0, 0.05) is 16.5 Å². The quantitative estimate of drug-likeness (QED) is 0.451. The van der Waals surface area contributed by atoms with Crippen LogP contribution in [0.3, 0.4) is 0 Å². The number of rotatable bonds is 7. The van der Waals surface area contributed by atoms with Crippen LogP contribution in [0, 0.1) is 10.1 Å². The van der Waals surface area contributed by atoms with E-state index in [0.717, 1.165) is 10.5 Å². The van der Waals surface area contributed by atoms with Gasteiger partial charge in [-0.25, -0.2) is 0 Å². The van der Waals surface area contributed by atoms with Crippen LogP contribution in [0.15, 0.2) is 53.4 Å². The maximum Gasteiger partial charge on any atom is 0.292 e. The summed E-state index contributed by atoms with van der Waals surface area (Å²) in [5.41, 5.74) is 1.26. The molecule has 2 aromatic rings. The van der Waals surface area contributed by atoms with Crippen LogP contribution in [-0.2, 0) is 11.3 Å². The fourth-order valence-electron chi connectivity index (χ4n) is 2.42. The fraction of sp³-hybridized carbons (Fsp3) is 0.278. The summed E-state index contributed by atoms with van der Waals surface area (Å²) in [4.78, 5) is 25.2. The number of carbonyl (C=O) groups excluding carboxylic acids is 1. The Balaban J connectivity index is 2.02. The average Bonchev–Trinajstić information content (AvgIpc) is 2.61. The highest BCUT2D eigenvalue weighted by atomic mass is 32.2. The molecular weight excluding hydrogens is 338 g/mol. The first kappa shape index (κ1) is 19.0. The molecule has 132 valence electrons. The summed E-state index contributed by atoms with van der Waals surface area (Å²) in [7, 11) is 1.94. The Kier molecular flexibility index (Phi) is 6.55. The number of anilines is 1. The van der Waals surface area contributed by atoms with Crippen molar-refractivity contribution in [3.8, 4) is 0 Å². The van der Waals surface area contributed by atoms with Crippen molar-refractivity contribution in [3.63, 3.8) is 0 Å². The van der Waals surface area contributed by atoms with E-state index >= 15 is 0 Å². The predicted octanol–water partition coefficient (Wildman–Crippen LogP) is 2.36. The van der Waals surface area contributed by atoms with Crippen molar-refractivity contribution in [2.24, 2.45) is 0 Å². The number of amides is 1. The highest BCUT2D eigenvalue weighted by Gasteiger charge is 2.24. The van der Waals surface area contributed by atoms with E-state index in [1.165, 1.54) is 11.0 Å². The van der Waals surface area contributed by atoms with Gasteiger partial charge in [0.25, 0.3) is 11.6 Å². The number of likely N-dealkylation sites (N-methyl/N-ethyl adjacent to an activating group) is 1. The van der Waals surface area contributed by atoms with Gasteiger partial charge in [0.2, 0.25) is 0 Å². The highest BCUT2D eigenvalue weighted by molar-refractivity contribution is 7.98. The lowest BCUT2D eigenvalue weighted by atomic mass is 10.2. The standard InChI is InChI=1S/C18H21N3O3S/c1-13(20(2)12-14-8-10-15(25-3)11-9-14)18(22)19-16-6-4-5-7-17(16)21(23)24/h4-11,13H,12H2,1-3H3,(H,19,22)/p+1/t13-/m1/s1. The van der Waals surface area contributed by atoms with Crippen molar-refractivity contribution in [3.05, 3.63) is 64.2 Å². The molecule has 2 rings (SSSR count). The van der Waals surface area contributed by atoms with E-state index in [0.29, 0.717) is 6.54 Å². The summed E-state index contributed by atoms with van der Waals surface area (Å²) in [6, 6.07) is 14.0. The van der Waals surface area contributed by atoms with Gasteiger partial charge in [-0.1, -0.05) is 24.3 Å². The molecule has 2 aromatic carbocycles. The Morgan fingerprint density at radius 2 is 1.88 bits per heavy atom. The molecule has 0 aliphatic heterocycles. The van der Waals surface area contributed by atoms with Crippen LogP contribution in [0.1, 0.15) is 12.5 Å². The number of nitro benzene ring substituents is 1. The van der Waals surface area contributed by atoms with Crippen molar-refractivity contribution in [2.45, 2.75) is 24.4 Å². The second kappa shape index (κ2) is 8.64. The van der Waals surface area contributed by atoms with Gasteiger partial charge >= 0.3 is 0 Å². The Bertz CT molecular complexity index is 749. The topological polar surface area (TPSA) is 76.7 Å². The van der Waals surface area contributed by atoms with Crippen molar-refractivity contribution in [1.82, 2.24) is 0 Å². The first-order valence-electron chi connectivity index (χ1n) is 7.92. The molecule has 0 saturated heterocycles. The summed E-state index contributed by atoms with van der Waals surface area (Å²) in [5, 5.41) is 13.7. The molecule has 0 saturated carbocycles. The van der Waals surface area contributed by atoms with Gasteiger partial charge in [0.15, 0.2) is 6.04 Å². The predicted molar refractivity (Wildman–Crippen MR) is 100 cm³/mol. The first-order valence-corrected chi connectivity index (χ1v) is 9.14. The summed E-state index contributed by atoms with van der Waals surface area (Å²) >= 11 is 1.69. The molecule has 0 aromatic heterocycles. The average molecular weight is 360 g/mol. The Hall–Kier alpha value is -2.38. The lowest BCUT2D eigenvalue weighted by molar-refractivity contribution is -0.907. The molecule has 6 nitrogen and oxygen atoms in total. The van der Waals surface area contributed by atoms with Gasteiger partial charge < -0.3 is 10.2 Å². The van der Waals surface area contributed by atoms with Crippen LogP contribution in [0.25, 0.3) is 0 Å². The number of hydrogen-bond donors (Lipinski definition) is 2. The number of nitrogens with zero attached hydrogens (tertiary/aromatic N) is 1. The van der Waals surface area contributed by atoms with E-state index in [-0.39, 0.29) is 23.3 Å². The number of benzene rings is 2. The van der Waals surface area contributed by atoms with Gasteiger partial charge in [-0.3, -0.25) is 14.9 Å². The Labute approximate surface area is 151 Å². The van der Waals surface area contributed by atoms with Crippen LogP contribution < -0.4 is 10.2 Å². The van der Waals surface area contributed by atoms with Crippen LogP contribution in [0.4, 0.5) is 11.4 Å². The van der Waals surface area contributed by atoms with Gasteiger partial charge in [-0.2, -0.15) is 0 Å². The zero-order valence-electron chi connectivity index (χ0n) is 14.5. The van der Waals surface area contributed by atoms with Gasteiger partial charge in [-0.05, 0) is 31.4 Å². The minimum Gasteiger partial charge on any atom is -0.324 e. The Morgan fingerprint density at radius 3 is 2.48 bits per heavy atom. The second-order valence-electron chi connectivity index (χ2n) is 5.86. The molecule has 7 heteroatoms. The lowest BCUT2D eigenvalue weighted by Crippen LogP contribution is -3.12. The molecule has 0 fully saturated rings.